The van der Waals surface area contributed by atoms with Crippen LogP contribution >= 0.6 is 15.9 Å². The molecule has 0 aliphatic carbocycles. The smallest absolute Gasteiger partial charge is 0.119 e. The minimum Gasteiger partial charge on any atom is -0.491 e. The second kappa shape index (κ2) is 8.59. The molecule has 0 saturated heterocycles. The number of aromatic nitrogens is 2. The number of hydrogen-bond acceptors (Lipinski definition) is 3. The SMILES string of the molecule is OC(COc1ccc(Br)cc1)Cn1c(Cc2ccccc2)nc2ccccc21. The lowest BCUT2D eigenvalue weighted by molar-refractivity contribution is 0.0928. The van der Waals surface area contributed by atoms with Crippen molar-refractivity contribution in [2.24, 2.45) is 0 Å². The largest absolute Gasteiger partial charge is 0.491 e. The Morgan fingerprint density at radius 2 is 1.64 bits per heavy atom. The molecular formula is C23H21BrN2O2. The van der Waals surface area contributed by atoms with E-state index in [1.165, 1.54) is 5.56 Å². The number of benzene rings is 3. The number of aliphatic hydroxyl groups excluding tert-OH is 1. The summed E-state index contributed by atoms with van der Waals surface area (Å²) < 4.78 is 8.83. The van der Waals surface area contributed by atoms with Crippen molar-refractivity contribution in [3.8, 4) is 5.75 Å². The van der Waals surface area contributed by atoms with Crippen LogP contribution in [0.15, 0.2) is 83.3 Å². The fourth-order valence-corrected chi connectivity index (χ4v) is 3.49. The number of rotatable bonds is 7. The van der Waals surface area contributed by atoms with Crippen molar-refractivity contribution in [2.75, 3.05) is 6.61 Å². The molecule has 0 fully saturated rings. The van der Waals surface area contributed by atoms with Crippen molar-refractivity contribution >= 4 is 27.0 Å². The Labute approximate surface area is 172 Å². The van der Waals surface area contributed by atoms with Gasteiger partial charge in [-0.1, -0.05) is 58.4 Å². The first kappa shape index (κ1) is 18.7. The quantitative estimate of drug-likeness (QED) is 0.451. The molecule has 1 aromatic heterocycles. The zero-order chi connectivity index (χ0) is 19.3. The van der Waals surface area contributed by atoms with Crippen LogP contribution in [0.1, 0.15) is 11.4 Å². The average Bonchev–Trinajstić information content (AvgIpc) is 3.05. The van der Waals surface area contributed by atoms with Crippen molar-refractivity contribution in [1.82, 2.24) is 9.55 Å². The van der Waals surface area contributed by atoms with E-state index in [1.54, 1.807) is 0 Å². The number of aliphatic hydroxyl groups is 1. The third-order valence-electron chi connectivity index (χ3n) is 4.59. The maximum atomic E-state index is 10.6. The predicted molar refractivity (Wildman–Crippen MR) is 115 cm³/mol. The van der Waals surface area contributed by atoms with Gasteiger partial charge >= 0.3 is 0 Å². The van der Waals surface area contributed by atoms with Gasteiger partial charge in [-0.2, -0.15) is 0 Å². The molecule has 0 amide bonds. The summed E-state index contributed by atoms with van der Waals surface area (Å²) in [6.45, 7) is 0.651. The lowest BCUT2D eigenvalue weighted by Crippen LogP contribution is -2.24. The van der Waals surface area contributed by atoms with E-state index in [4.69, 9.17) is 9.72 Å². The highest BCUT2D eigenvalue weighted by Crippen LogP contribution is 2.20. The van der Waals surface area contributed by atoms with Crippen molar-refractivity contribution in [3.05, 3.63) is 94.7 Å². The zero-order valence-electron chi connectivity index (χ0n) is 15.3. The van der Waals surface area contributed by atoms with Gasteiger partial charge in [0.2, 0.25) is 0 Å². The summed E-state index contributed by atoms with van der Waals surface area (Å²) in [7, 11) is 0. The molecule has 142 valence electrons. The fourth-order valence-electron chi connectivity index (χ4n) is 3.23. The number of hydrogen-bond donors (Lipinski definition) is 1. The molecule has 0 spiro atoms. The van der Waals surface area contributed by atoms with Crippen molar-refractivity contribution in [2.45, 2.75) is 19.1 Å². The monoisotopic (exact) mass is 436 g/mol. The number of ether oxygens (including phenoxy) is 1. The Kier molecular flexibility index (Phi) is 5.74. The molecule has 4 nitrogen and oxygen atoms in total. The Hall–Kier alpha value is -2.63. The highest BCUT2D eigenvalue weighted by molar-refractivity contribution is 9.10. The second-order valence-corrected chi connectivity index (χ2v) is 7.62. The van der Waals surface area contributed by atoms with Crippen LogP contribution in [0.25, 0.3) is 11.0 Å². The van der Waals surface area contributed by atoms with E-state index in [9.17, 15) is 5.11 Å². The van der Waals surface area contributed by atoms with E-state index in [0.717, 1.165) is 33.5 Å². The zero-order valence-corrected chi connectivity index (χ0v) is 16.9. The molecule has 0 radical (unpaired) electrons. The van der Waals surface area contributed by atoms with Gasteiger partial charge in [-0.15, -0.1) is 0 Å². The molecule has 1 N–H and O–H groups in total. The molecule has 28 heavy (non-hydrogen) atoms. The summed E-state index contributed by atoms with van der Waals surface area (Å²) in [6.07, 6.45) is 0.0753. The van der Waals surface area contributed by atoms with Crippen LogP contribution in [0.5, 0.6) is 5.75 Å². The van der Waals surface area contributed by atoms with Gasteiger partial charge in [0.25, 0.3) is 0 Å². The van der Waals surface area contributed by atoms with Crippen LogP contribution in [-0.2, 0) is 13.0 Å². The molecule has 1 heterocycles. The van der Waals surface area contributed by atoms with Crippen molar-refractivity contribution in [3.63, 3.8) is 0 Å². The fraction of sp³-hybridized carbons (Fsp3) is 0.174. The van der Waals surface area contributed by atoms with E-state index < -0.39 is 6.10 Å². The van der Waals surface area contributed by atoms with E-state index in [2.05, 4.69) is 32.6 Å². The molecule has 5 heteroatoms. The van der Waals surface area contributed by atoms with E-state index >= 15 is 0 Å². The normalized spacial score (nSPS) is 12.2. The highest BCUT2D eigenvalue weighted by atomic mass is 79.9. The molecular weight excluding hydrogens is 416 g/mol. The third kappa shape index (κ3) is 4.43. The molecule has 0 aliphatic rings. The van der Waals surface area contributed by atoms with Gasteiger partial charge in [-0.3, -0.25) is 0 Å². The van der Waals surface area contributed by atoms with Gasteiger partial charge in [0, 0.05) is 10.9 Å². The molecule has 1 atom stereocenters. The molecule has 4 rings (SSSR count). The van der Waals surface area contributed by atoms with Gasteiger partial charge in [0.1, 0.15) is 24.3 Å². The van der Waals surface area contributed by atoms with Crippen LogP contribution in [-0.4, -0.2) is 27.4 Å². The first-order chi connectivity index (χ1) is 13.7. The van der Waals surface area contributed by atoms with Crippen LogP contribution in [0, 0.1) is 0 Å². The van der Waals surface area contributed by atoms with Crippen molar-refractivity contribution < 1.29 is 9.84 Å². The lowest BCUT2D eigenvalue weighted by Gasteiger charge is -2.16. The highest BCUT2D eigenvalue weighted by Gasteiger charge is 2.15. The predicted octanol–water partition coefficient (Wildman–Crippen LogP) is 4.83. The van der Waals surface area contributed by atoms with Crippen LogP contribution < -0.4 is 4.74 Å². The maximum absolute atomic E-state index is 10.6. The van der Waals surface area contributed by atoms with Gasteiger partial charge < -0.3 is 14.4 Å². The summed E-state index contributed by atoms with van der Waals surface area (Å²) in [6, 6.07) is 25.9. The second-order valence-electron chi connectivity index (χ2n) is 6.71. The summed E-state index contributed by atoms with van der Waals surface area (Å²) in [5, 5.41) is 10.6. The Bertz CT molecular complexity index is 1050. The van der Waals surface area contributed by atoms with Gasteiger partial charge in [0.05, 0.1) is 17.6 Å². The first-order valence-electron chi connectivity index (χ1n) is 9.23. The number of para-hydroxylation sites is 2. The first-order valence-corrected chi connectivity index (χ1v) is 10.0. The Balaban J connectivity index is 1.52. The van der Waals surface area contributed by atoms with E-state index in [1.807, 2.05) is 66.7 Å². The summed E-state index contributed by atoms with van der Waals surface area (Å²) in [5.74, 6) is 1.68. The number of nitrogens with zero attached hydrogens (tertiary/aromatic N) is 2. The Morgan fingerprint density at radius 1 is 0.929 bits per heavy atom. The number of imidazole rings is 1. The molecule has 0 saturated carbocycles. The Morgan fingerprint density at radius 3 is 2.43 bits per heavy atom. The van der Waals surface area contributed by atoms with Crippen LogP contribution in [0.4, 0.5) is 0 Å². The summed E-state index contributed by atoms with van der Waals surface area (Å²) in [4.78, 5) is 4.79. The average molecular weight is 437 g/mol. The minimum atomic E-state index is -0.643. The molecule has 0 bridgehead atoms. The standard InChI is InChI=1S/C23H21BrN2O2/c24-18-10-12-20(13-11-18)28-16-19(27)15-26-22-9-5-4-8-21(22)25-23(26)14-17-6-2-1-3-7-17/h1-13,19,27H,14-16H2. The minimum absolute atomic E-state index is 0.221. The molecule has 4 aromatic rings. The van der Waals surface area contributed by atoms with Gasteiger partial charge in [-0.25, -0.2) is 4.98 Å². The van der Waals surface area contributed by atoms with Gasteiger partial charge in [0.15, 0.2) is 0 Å². The van der Waals surface area contributed by atoms with E-state index in [-0.39, 0.29) is 6.61 Å². The lowest BCUT2D eigenvalue weighted by atomic mass is 10.1. The van der Waals surface area contributed by atoms with Crippen LogP contribution in [0.2, 0.25) is 0 Å². The topological polar surface area (TPSA) is 47.3 Å². The molecule has 0 aliphatic heterocycles. The van der Waals surface area contributed by atoms with E-state index in [0.29, 0.717) is 6.54 Å². The molecule has 3 aromatic carbocycles. The van der Waals surface area contributed by atoms with Crippen molar-refractivity contribution in [1.29, 1.82) is 0 Å². The summed E-state index contributed by atoms with van der Waals surface area (Å²) in [5.41, 5.74) is 3.16. The molecule has 1 unspecified atom stereocenters. The maximum Gasteiger partial charge on any atom is 0.119 e. The number of halogens is 1. The van der Waals surface area contributed by atoms with Gasteiger partial charge in [-0.05, 0) is 42.0 Å². The third-order valence-corrected chi connectivity index (χ3v) is 5.12. The number of fused-ring (bicyclic) bond motifs is 1. The summed E-state index contributed by atoms with van der Waals surface area (Å²) >= 11 is 3.41. The van der Waals surface area contributed by atoms with Crippen LogP contribution in [0.3, 0.4) is 0 Å².